The molecule has 1 aromatic rings. The van der Waals surface area contributed by atoms with Crippen LogP contribution in [0.5, 0.6) is 0 Å². The van der Waals surface area contributed by atoms with Crippen LogP contribution < -0.4 is 10.2 Å². The molecule has 1 heterocycles. The smallest absolute Gasteiger partial charge is 0.133 e. The topological polar surface area (TPSA) is 61.3 Å². The molecule has 1 aliphatic carbocycles. The average molecular weight is 264 g/mol. The number of nitrogens with zero attached hydrogens (tertiary/aromatic N) is 3. The molecule has 1 aromatic heterocycles. The molecule has 0 aromatic carbocycles. The van der Waals surface area contributed by atoms with Gasteiger partial charge >= 0.3 is 0 Å². The Balaban J connectivity index is 1.80. The van der Waals surface area contributed by atoms with Crippen molar-refractivity contribution in [2.75, 3.05) is 37.0 Å². The van der Waals surface area contributed by atoms with Crippen molar-refractivity contribution in [3.8, 4) is 0 Å². The van der Waals surface area contributed by atoms with E-state index in [1.54, 1.807) is 6.33 Å². The third-order valence-electron chi connectivity index (χ3n) is 3.81. The standard InChI is InChI=1S/C14H24N4O/c1-18(8-9-19)14-10-13(16-11-17-14)15-7-6-12-4-2-3-5-12/h10-12,19H,2-9H2,1H3,(H,15,16,17). The van der Waals surface area contributed by atoms with Gasteiger partial charge in [0.15, 0.2) is 0 Å². The van der Waals surface area contributed by atoms with E-state index >= 15 is 0 Å². The molecule has 0 atom stereocenters. The summed E-state index contributed by atoms with van der Waals surface area (Å²) >= 11 is 0. The van der Waals surface area contributed by atoms with Crippen LogP contribution in [-0.4, -0.2) is 41.8 Å². The second kappa shape index (κ2) is 7.28. The van der Waals surface area contributed by atoms with Crippen LogP contribution in [0.3, 0.4) is 0 Å². The molecule has 5 nitrogen and oxygen atoms in total. The van der Waals surface area contributed by atoms with Crippen molar-refractivity contribution < 1.29 is 5.11 Å². The van der Waals surface area contributed by atoms with Gasteiger partial charge in [-0.25, -0.2) is 9.97 Å². The lowest BCUT2D eigenvalue weighted by Crippen LogP contribution is -2.22. The number of aromatic nitrogens is 2. The van der Waals surface area contributed by atoms with Gasteiger partial charge < -0.3 is 15.3 Å². The fraction of sp³-hybridized carbons (Fsp3) is 0.714. The van der Waals surface area contributed by atoms with E-state index in [2.05, 4.69) is 15.3 Å². The SMILES string of the molecule is CN(CCO)c1cc(NCCC2CCCC2)ncn1. The Hall–Kier alpha value is -1.36. The Kier molecular flexibility index (Phi) is 5.39. The van der Waals surface area contributed by atoms with Crippen LogP contribution in [0, 0.1) is 5.92 Å². The Morgan fingerprint density at radius 1 is 1.37 bits per heavy atom. The molecule has 106 valence electrons. The molecule has 0 radical (unpaired) electrons. The maximum Gasteiger partial charge on any atom is 0.133 e. The number of hydrogen-bond donors (Lipinski definition) is 2. The van der Waals surface area contributed by atoms with E-state index in [1.807, 2.05) is 18.0 Å². The highest BCUT2D eigenvalue weighted by atomic mass is 16.3. The number of likely N-dealkylation sites (N-methyl/N-ethyl adjacent to an activating group) is 1. The van der Waals surface area contributed by atoms with Gasteiger partial charge in [0.2, 0.25) is 0 Å². The first kappa shape index (κ1) is 14.1. The van der Waals surface area contributed by atoms with Crippen molar-refractivity contribution in [1.82, 2.24) is 9.97 Å². The van der Waals surface area contributed by atoms with Gasteiger partial charge in [0, 0.05) is 26.2 Å². The van der Waals surface area contributed by atoms with Crippen molar-refractivity contribution in [2.24, 2.45) is 5.92 Å². The fourth-order valence-electron chi connectivity index (χ4n) is 2.62. The lowest BCUT2D eigenvalue weighted by Gasteiger charge is -2.17. The number of hydrogen-bond acceptors (Lipinski definition) is 5. The Bertz CT molecular complexity index is 379. The average Bonchev–Trinajstić information content (AvgIpc) is 2.93. The van der Waals surface area contributed by atoms with Crippen molar-refractivity contribution in [2.45, 2.75) is 32.1 Å². The highest BCUT2D eigenvalue weighted by Gasteiger charge is 2.14. The molecule has 1 aliphatic rings. The monoisotopic (exact) mass is 264 g/mol. The lowest BCUT2D eigenvalue weighted by atomic mass is 10.0. The van der Waals surface area contributed by atoms with Crippen molar-refractivity contribution in [3.05, 3.63) is 12.4 Å². The zero-order chi connectivity index (χ0) is 13.5. The van der Waals surface area contributed by atoms with Gasteiger partial charge in [-0.05, 0) is 12.3 Å². The molecule has 0 amide bonds. The minimum Gasteiger partial charge on any atom is -0.395 e. The molecule has 0 aliphatic heterocycles. The van der Waals surface area contributed by atoms with Gasteiger partial charge in [0.1, 0.15) is 18.0 Å². The van der Waals surface area contributed by atoms with Gasteiger partial charge in [-0.2, -0.15) is 0 Å². The molecule has 0 bridgehead atoms. The summed E-state index contributed by atoms with van der Waals surface area (Å²) in [7, 11) is 1.92. The number of aliphatic hydroxyl groups excluding tert-OH is 1. The normalized spacial score (nSPS) is 15.7. The van der Waals surface area contributed by atoms with Crippen LogP contribution >= 0.6 is 0 Å². The molecule has 1 fully saturated rings. The molecule has 2 N–H and O–H groups in total. The summed E-state index contributed by atoms with van der Waals surface area (Å²) in [6.45, 7) is 1.69. The molecule has 0 spiro atoms. The summed E-state index contributed by atoms with van der Waals surface area (Å²) in [6.07, 6.45) is 8.36. The van der Waals surface area contributed by atoms with E-state index in [4.69, 9.17) is 5.11 Å². The summed E-state index contributed by atoms with van der Waals surface area (Å²) in [5.74, 6) is 2.60. The van der Waals surface area contributed by atoms with Crippen molar-refractivity contribution in [3.63, 3.8) is 0 Å². The summed E-state index contributed by atoms with van der Waals surface area (Å²) in [6, 6.07) is 1.93. The van der Waals surface area contributed by atoms with Crippen LogP contribution in [-0.2, 0) is 0 Å². The van der Waals surface area contributed by atoms with Crippen molar-refractivity contribution >= 4 is 11.6 Å². The number of nitrogens with one attached hydrogen (secondary N) is 1. The Morgan fingerprint density at radius 2 is 2.16 bits per heavy atom. The van der Waals surface area contributed by atoms with E-state index in [1.165, 1.54) is 32.1 Å². The van der Waals surface area contributed by atoms with Crippen LogP contribution in [0.25, 0.3) is 0 Å². The molecule has 19 heavy (non-hydrogen) atoms. The Morgan fingerprint density at radius 3 is 2.89 bits per heavy atom. The number of rotatable bonds is 7. The highest BCUT2D eigenvalue weighted by Crippen LogP contribution is 2.27. The first-order chi connectivity index (χ1) is 9.29. The second-order valence-corrected chi connectivity index (χ2v) is 5.27. The molecule has 1 saturated carbocycles. The van der Waals surface area contributed by atoms with Crippen LogP contribution in [0.15, 0.2) is 12.4 Å². The largest absolute Gasteiger partial charge is 0.395 e. The van der Waals surface area contributed by atoms with Crippen LogP contribution in [0.2, 0.25) is 0 Å². The van der Waals surface area contributed by atoms with Gasteiger partial charge in [-0.3, -0.25) is 0 Å². The first-order valence-electron chi connectivity index (χ1n) is 7.17. The quantitative estimate of drug-likeness (QED) is 0.787. The predicted molar refractivity (Wildman–Crippen MR) is 77.5 cm³/mol. The van der Waals surface area contributed by atoms with E-state index < -0.39 is 0 Å². The highest BCUT2D eigenvalue weighted by molar-refractivity contribution is 5.47. The molecule has 0 saturated heterocycles. The zero-order valence-corrected chi connectivity index (χ0v) is 11.7. The maximum absolute atomic E-state index is 8.93. The van der Waals surface area contributed by atoms with Gasteiger partial charge in [0.25, 0.3) is 0 Å². The molecule has 2 rings (SSSR count). The molecular formula is C14H24N4O. The van der Waals surface area contributed by atoms with E-state index in [0.29, 0.717) is 6.54 Å². The second-order valence-electron chi connectivity index (χ2n) is 5.27. The molecule has 0 unspecified atom stereocenters. The van der Waals surface area contributed by atoms with Gasteiger partial charge in [0.05, 0.1) is 6.61 Å². The number of anilines is 2. The van der Waals surface area contributed by atoms with Crippen LogP contribution in [0.4, 0.5) is 11.6 Å². The summed E-state index contributed by atoms with van der Waals surface area (Å²) in [5, 5.41) is 12.3. The van der Waals surface area contributed by atoms with E-state index in [9.17, 15) is 0 Å². The van der Waals surface area contributed by atoms with E-state index in [0.717, 1.165) is 24.1 Å². The minimum absolute atomic E-state index is 0.130. The van der Waals surface area contributed by atoms with Crippen LogP contribution in [0.1, 0.15) is 32.1 Å². The Labute approximate surface area is 115 Å². The minimum atomic E-state index is 0.130. The third-order valence-corrected chi connectivity index (χ3v) is 3.81. The number of aliphatic hydroxyl groups is 1. The molecular weight excluding hydrogens is 240 g/mol. The van der Waals surface area contributed by atoms with Gasteiger partial charge in [-0.15, -0.1) is 0 Å². The summed E-state index contributed by atoms with van der Waals surface area (Å²) in [5.41, 5.74) is 0. The molecule has 5 heteroatoms. The zero-order valence-electron chi connectivity index (χ0n) is 11.7. The van der Waals surface area contributed by atoms with E-state index in [-0.39, 0.29) is 6.61 Å². The van der Waals surface area contributed by atoms with Crippen molar-refractivity contribution in [1.29, 1.82) is 0 Å². The first-order valence-corrected chi connectivity index (χ1v) is 7.17. The lowest BCUT2D eigenvalue weighted by molar-refractivity contribution is 0.304. The summed E-state index contributed by atoms with van der Waals surface area (Å²) < 4.78 is 0. The third kappa shape index (κ3) is 4.35. The van der Waals surface area contributed by atoms with Gasteiger partial charge in [-0.1, -0.05) is 25.7 Å². The summed E-state index contributed by atoms with van der Waals surface area (Å²) in [4.78, 5) is 10.4. The fourth-order valence-corrected chi connectivity index (χ4v) is 2.62. The maximum atomic E-state index is 8.93. The predicted octanol–water partition coefficient (Wildman–Crippen LogP) is 1.90.